The topological polar surface area (TPSA) is 56.2 Å². The number of nitrogens with zero attached hydrogens (tertiary/aromatic N) is 3. The Labute approximate surface area is 146 Å². The Kier molecular flexibility index (Phi) is 4.67. The SMILES string of the molecule is CC(C)c1ccc(C=Nn2c(-c3ccc(Cl)cc3)cnc2N)cc1. The second-order valence-corrected chi connectivity index (χ2v) is 6.32. The van der Waals surface area contributed by atoms with E-state index in [1.165, 1.54) is 5.56 Å². The average Bonchev–Trinajstić information content (AvgIpc) is 2.95. The maximum absolute atomic E-state index is 5.95. The number of aromatic nitrogens is 2. The largest absolute Gasteiger partial charge is 0.368 e. The van der Waals surface area contributed by atoms with Crippen molar-refractivity contribution in [1.82, 2.24) is 9.66 Å². The predicted molar refractivity (Wildman–Crippen MR) is 101 cm³/mol. The zero-order valence-corrected chi connectivity index (χ0v) is 14.4. The lowest BCUT2D eigenvalue weighted by Crippen LogP contribution is -2.00. The zero-order chi connectivity index (χ0) is 17.1. The van der Waals surface area contributed by atoms with Gasteiger partial charge < -0.3 is 5.73 Å². The number of rotatable bonds is 4. The summed E-state index contributed by atoms with van der Waals surface area (Å²) >= 11 is 5.94. The van der Waals surface area contributed by atoms with Crippen LogP contribution in [0.25, 0.3) is 11.3 Å². The van der Waals surface area contributed by atoms with Crippen LogP contribution in [0.2, 0.25) is 5.02 Å². The van der Waals surface area contributed by atoms with Gasteiger partial charge in [-0.05, 0) is 29.2 Å². The van der Waals surface area contributed by atoms with Crippen molar-refractivity contribution in [1.29, 1.82) is 0 Å². The number of nitrogen functional groups attached to an aromatic ring is 1. The highest BCUT2D eigenvalue weighted by molar-refractivity contribution is 6.30. The molecular formula is C19H19ClN4. The van der Waals surface area contributed by atoms with Crippen LogP contribution in [-0.2, 0) is 0 Å². The van der Waals surface area contributed by atoms with E-state index in [4.69, 9.17) is 17.3 Å². The normalized spacial score (nSPS) is 11.5. The average molecular weight is 339 g/mol. The van der Waals surface area contributed by atoms with E-state index in [0.717, 1.165) is 16.8 Å². The molecule has 3 aromatic rings. The third kappa shape index (κ3) is 3.49. The third-order valence-electron chi connectivity index (χ3n) is 3.83. The van der Waals surface area contributed by atoms with Crippen molar-refractivity contribution in [2.75, 3.05) is 5.73 Å². The molecule has 2 aromatic carbocycles. The van der Waals surface area contributed by atoms with E-state index in [1.54, 1.807) is 17.1 Å². The molecule has 0 bridgehead atoms. The molecule has 4 nitrogen and oxygen atoms in total. The Morgan fingerprint density at radius 1 is 1.08 bits per heavy atom. The second-order valence-electron chi connectivity index (χ2n) is 5.89. The standard InChI is InChI=1S/C19H19ClN4/c1-13(2)15-5-3-14(4-6-15)11-23-24-18(12-22-19(24)21)16-7-9-17(20)10-8-16/h3-13H,1-2H3,(H2,21,22). The van der Waals surface area contributed by atoms with Crippen molar-refractivity contribution in [3.05, 3.63) is 70.9 Å². The van der Waals surface area contributed by atoms with Crippen LogP contribution in [0.4, 0.5) is 5.95 Å². The molecule has 0 saturated carbocycles. The first-order valence-electron chi connectivity index (χ1n) is 7.78. The van der Waals surface area contributed by atoms with Crippen molar-refractivity contribution in [2.45, 2.75) is 19.8 Å². The van der Waals surface area contributed by atoms with Gasteiger partial charge in [-0.2, -0.15) is 9.78 Å². The Morgan fingerprint density at radius 2 is 1.75 bits per heavy atom. The van der Waals surface area contributed by atoms with Crippen molar-refractivity contribution in [2.24, 2.45) is 5.10 Å². The number of benzene rings is 2. The second kappa shape index (κ2) is 6.89. The molecule has 0 aliphatic heterocycles. The molecule has 0 amide bonds. The molecule has 0 radical (unpaired) electrons. The number of imidazole rings is 1. The van der Waals surface area contributed by atoms with Gasteiger partial charge in [-0.3, -0.25) is 0 Å². The number of hydrogen-bond acceptors (Lipinski definition) is 3. The zero-order valence-electron chi connectivity index (χ0n) is 13.6. The minimum absolute atomic E-state index is 0.343. The molecule has 0 saturated heterocycles. The summed E-state index contributed by atoms with van der Waals surface area (Å²) in [5.74, 6) is 0.854. The van der Waals surface area contributed by atoms with E-state index in [2.05, 4.69) is 36.1 Å². The molecule has 2 N–H and O–H groups in total. The van der Waals surface area contributed by atoms with Crippen LogP contribution in [0.5, 0.6) is 0 Å². The van der Waals surface area contributed by atoms with Crippen LogP contribution in [-0.4, -0.2) is 15.9 Å². The molecule has 1 heterocycles. The summed E-state index contributed by atoms with van der Waals surface area (Å²) < 4.78 is 1.62. The lowest BCUT2D eigenvalue weighted by molar-refractivity contribution is 0.866. The molecule has 122 valence electrons. The third-order valence-corrected chi connectivity index (χ3v) is 4.08. The Balaban J connectivity index is 1.89. The summed E-state index contributed by atoms with van der Waals surface area (Å²) in [5, 5.41) is 5.17. The van der Waals surface area contributed by atoms with Gasteiger partial charge in [-0.25, -0.2) is 4.98 Å². The van der Waals surface area contributed by atoms with Gasteiger partial charge in [-0.1, -0.05) is 61.8 Å². The summed E-state index contributed by atoms with van der Waals surface area (Å²) in [6.45, 7) is 4.35. The van der Waals surface area contributed by atoms with Gasteiger partial charge in [0.2, 0.25) is 5.95 Å². The van der Waals surface area contributed by atoms with Gasteiger partial charge in [0.1, 0.15) is 0 Å². The molecule has 0 fully saturated rings. The summed E-state index contributed by atoms with van der Waals surface area (Å²) in [4.78, 5) is 4.16. The van der Waals surface area contributed by atoms with Crippen molar-refractivity contribution in [3.8, 4) is 11.3 Å². The monoisotopic (exact) mass is 338 g/mol. The summed E-state index contributed by atoms with van der Waals surface area (Å²) in [6.07, 6.45) is 3.49. The van der Waals surface area contributed by atoms with Gasteiger partial charge in [0.05, 0.1) is 18.1 Å². The minimum Gasteiger partial charge on any atom is -0.368 e. The van der Waals surface area contributed by atoms with Crippen molar-refractivity contribution in [3.63, 3.8) is 0 Å². The fourth-order valence-corrected chi connectivity index (χ4v) is 2.52. The van der Waals surface area contributed by atoms with Gasteiger partial charge >= 0.3 is 0 Å². The van der Waals surface area contributed by atoms with Gasteiger partial charge in [0.25, 0.3) is 0 Å². The van der Waals surface area contributed by atoms with E-state index in [1.807, 2.05) is 36.4 Å². The highest BCUT2D eigenvalue weighted by Gasteiger charge is 2.08. The number of nitrogens with two attached hydrogens (primary N) is 1. The molecule has 0 aliphatic carbocycles. The van der Waals surface area contributed by atoms with Crippen LogP contribution in [0, 0.1) is 0 Å². The van der Waals surface area contributed by atoms with E-state index < -0.39 is 0 Å². The van der Waals surface area contributed by atoms with Crippen molar-refractivity contribution >= 4 is 23.8 Å². The smallest absolute Gasteiger partial charge is 0.221 e. The maximum atomic E-state index is 5.95. The lowest BCUT2D eigenvalue weighted by atomic mass is 10.0. The van der Waals surface area contributed by atoms with E-state index in [9.17, 15) is 0 Å². The van der Waals surface area contributed by atoms with Crippen LogP contribution in [0.3, 0.4) is 0 Å². The van der Waals surface area contributed by atoms with Gasteiger partial charge in [0, 0.05) is 10.6 Å². The fraction of sp³-hybridized carbons (Fsp3) is 0.158. The number of anilines is 1. The van der Waals surface area contributed by atoms with Crippen LogP contribution in [0.15, 0.2) is 59.8 Å². The van der Waals surface area contributed by atoms with Crippen LogP contribution < -0.4 is 5.73 Å². The molecule has 0 spiro atoms. The molecular weight excluding hydrogens is 320 g/mol. The van der Waals surface area contributed by atoms with Gasteiger partial charge in [-0.15, -0.1) is 0 Å². The Bertz CT molecular complexity index is 846. The lowest BCUT2D eigenvalue weighted by Gasteiger charge is -2.06. The first-order valence-corrected chi connectivity index (χ1v) is 8.16. The quantitative estimate of drug-likeness (QED) is 0.695. The van der Waals surface area contributed by atoms with Gasteiger partial charge in [0.15, 0.2) is 0 Å². The molecule has 0 unspecified atom stereocenters. The molecule has 5 heteroatoms. The minimum atomic E-state index is 0.343. The fourth-order valence-electron chi connectivity index (χ4n) is 2.39. The Morgan fingerprint density at radius 3 is 2.38 bits per heavy atom. The number of hydrogen-bond donors (Lipinski definition) is 1. The molecule has 3 rings (SSSR count). The molecule has 0 atom stereocenters. The summed E-state index contributed by atoms with van der Waals surface area (Å²) in [7, 11) is 0. The molecule has 1 aromatic heterocycles. The summed E-state index contributed by atoms with van der Waals surface area (Å²) in [6, 6.07) is 15.8. The Hall–Kier alpha value is -2.59. The highest BCUT2D eigenvalue weighted by atomic mass is 35.5. The highest BCUT2D eigenvalue weighted by Crippen LogP contribution is 2.23. The van der Waals surface area contributed by atoms with E-state index in [-0.39, 0.29) is 0 Å². The molecule has 24 heavy (non-hydrogen) atoms. The van der Waals surface area contributed by atoms with Crippen LogP contribution >= 0.6 is 11.6 Å². The first kappa shape index (κ1) is 16.3. The predicted octanol–water partition coefficient (Wildman–Crippen LogP) is 4.79. The summed E-state index contributed by atoms with van der Waals surface area (Å²) in [5.41, 5.74) is 10.0. The van der Waals surface area contributed by atoms with Crippen molar-refractivity contribution < 1.29 is 0 Å². The number of halogens is 1. The first-order chi connectivity index (χ1) is 11.5. The van der Waals surface area contributed by atoms with Crippen LogP contribution in [0.1, 0.15) is 30.9 Å². The molecule has 0 aliphatic rings. The van der Waals surface area contributed by atoms with E-state index >= 15 is 0 Å². The van der Waals surface area contributed by atoms with E-state index in [0.29, 0.717) is 16.9 Å². The maximum Gasteiger partial charge on any atom is 0.221 e.